The normalized spacial score (nSPS) is 30.0. The lowest BCUT2D eigenvalue weighted by Gasteiger charge is -2.42. The van der Waals surface area contributed by atoms with Crippen molar-refractivity contribution in [3.8, 4) is 0 Å². The molecule has 0 spiro atoms. The van der Waals surface area contributed by atoms with Crippen LogP contribution in [0.15, 0.2) is 16.5 Å². The summed E-state index contributed by atoms with van der Waals surface area (Å²) in [5, 5.41) is 3.12. The van der Waals surface area contributed by atoms with E-state index in [1.165, 1.54) is 12.8 Å². The molecule has 1 saturated carbocycles. The molecule has 5 nitrogen and oxygen atoms in total. The molecule has 0 unspecified atom stereocenters. The Morgan fingerprint density at radius 1 is 1.28 bits per heavy atom. The van der Waals surface area contributed by atoms with Gasteiger partial charge in [-0.2, -0.15) is 0 Å². The Hall–Kier alpha value is -1.33. The van der Waals surface area contributed by atoms with Crippen LogP contribution in [0.2, 0.25) is 0 Å². The van der Waals surface area contributed by atoms with Gasteiger partial charge in [-0.25, -0.2) is 0 Å². The molecule has 3 atom stereocenters. The lowest BCUT2D eigenvalue weighted by molar-refractivity contribution is -0.139. The summed E-state index contributed by atoms with van der Waals surface area (Å²) in [5.74, 6) is 3.51. The van der Waals surface area contributed by atoms with E-state index >= 15 is 0 Å². The summed E-state index contributed by atoms with van der Waals surface area (Å²) in [6, 6.07) is 4.17. The summed E-state index contributed by atoms with van der Waals surface area (Å²) >= 11 is 0. The fourth-order valence-electron chi connectivity index (χ4n) is 4.16. The van der Waals surface area contributed by atoms with Crippen LogP contribution >= 0.6 is 0 Å². The molecule has 138 valence electrons. The average molecular weight is 346 g/mol. The van der Waals surface area contributed by atoms with Crippen molar-refractivity contribution in [3.63, 3.8) is 0 Å². The van der Waals surface area contributed by atoms with Gasteiger partial charge in [0.15, 0.2) is 0 Å². The van der Waals surface area contributed by atoms with E-state index in [0.717, 1.165) is 62.9 Å². The number of ether oxygens (including phenoxy) is 1. The highest BCUT2D eigenvalue weighted by atomic mass is 16.5. The number of piperidine rings is 1. The predicted molar refractivity (Wildman–Crippen MR) is 95.1 cm³/mol. The van der Waals surface area contributed by atoms with Crippen LogP contribution in [0.3, 0.4) is 0 Å². The Morgan fingerprint density at radius 3 is 2.88 bits per heavy atom. The number of hydrogen-bond acceptors (Lipinski definition) is 4. The average Bonchev–Trinajstić information content (AvgIpc) is 3.36. The largest absolute Gasteiger partial charge is 0.465 e. The Bertz CT molecular complexity index is 596. The van der Waals surface area contributed by atoms with Crippen molar-refractivity contribution in [2.45, 2.75) is 51.7 Å². The molecule has 1 amide bonds. The summed E-state index contributed by atoms with van der Waals surface area (Å²) in [6.07, 6.45) is 5.82. The molecule has 0 aromatic carbocycles. The lowest BCUT2D eigenvalue weighted by atomic mass is 9.83. The zero-order chi connectivity index (χ0) is 17.2. The number of furan rings is 1. The predicted octanol–water partition coefficient (Wildman–Crippen LogP) is 2.60. The van der Waals surface area contributed by atoms with Crippen molar-refractivity contribution in [1.82, 2.24) is 10.2 Å². The number of amides is 1. The van der Waals surface area contributed by atoms with Crippen molar-refractivity contribution in [1.29, 1.82) is 0 Å². The van der Waals surface area contributed by atoms with Crippen LogP contribution in [0.5, 0.6) is 0 Å². The number of carbonyl (C=O) groups is 1. The second-order valence-corrected chi connectivity index (χ2v) is 8.00. The Balaban J connectivity index is 1.29. The zero-order valence-electron chi connectivity index (χ0n) is 15.2. The van der Waals surface area contributed by atoms with Gasteiger partial charge in [0.2, 0.25) is 5.91 Å². The van der Waals surface area contributed by atoms with Crippen molar-refractivity contribution in [2.75, 3.05) is 26.2 Å². The van der Waals surface area contributed by atoms with E-state index in [1.54, 1.807) is 0 Å². The summed E-state index contributed by atoms with van der Waals surface area (Å²) in [6.45, 7) is 6.47. The maximum Gasteiger partial charge on any atom is 0.225 e. The third-order valence-electron chi connectivity index (χ3n) is 5.92. The number of carbonyl (C=O) groups excluding carboxylic acids is 1. The maximum absolute atomic E-state index is 12.4. The van der Waals surface area contributed by atoms with Crippen molar-refractivity contribution < 1.29 is 13.9 Å². The third-order valence-corrected chi connectivity index (χ3v) is 5.92. The molecule has 25 heavy (non-hydrogen) atoms. The van der Waals surface area contributed by atoms with E-state index in [-0.39, 0.29) is 11.8 Å². The van der Waals surface area contributed by atoms with Gasteiger partial charge in [-0.1, -0.05) is 6.92 Å². The van der Waals surface area contributed by atoms with Crippen LogP contribution in [-0.4, -0.2) is 43.2 Å². The highest BCUT2D eigenvalue weighted by Gasteiger charge is 2.38. The van der Waals surface area contributed by atoms with Crippen LogP contribution in [0.1, 0.15) is 44.1 Å². The first-order valence-corrected chi connectivity index (χ1v) is 9.90. The third kappa shape index (κ3) is 4.26. The van der Waals surface area contributed by atoms with Gasteiger partial charge in [-0.05, 0) is 49.7 Å². The number of rotatable bonds is 6. The fraction of sp³-hybridized carbons (Fsp3) is 0.750. The number of aryl methyl sites for hydroxylation is 1. The van der Waals surface area contributed by atoms with Gasteiger partial charge in [0.25, 0.3) is 0 Å². The number of likely N-dealkylation sites (tertiary alicyclic amines) is 1. The van der Waals surface area contributed by atoms with Crippen LogP contribution < -0.4 is 5.32 Å². The Morgan fingerprint density at radius 2 is 2.12 bits per heavy atom. The molecule has 4 rings (SSSR count). The number of fused-ring (bicyclic) bond motifs is 1. The van der Waals surface area contributed by atoms with Crippen LogP contribution in [-0.2, 0) is 22.5 Å². The first-order valence-electron chi connectivity index (χ1n) is 9.90. The highest BCUT2D eigenvalue weighted by Crippen LogP contribution is 2.33. The van der Waals surface area contributed by atoms with Crippen molar-refractivity contribution in [2.24, 2.45) is 17.8 Å². The summed E-state index contributed by atoms with van der Waals surface area (Å²) in [4.78, 5) is 14.8. The molecule has 1 aliphatic carbocycles. The van der Waals surface area contributed by atoms with E-state index in [1.807, 2.05) is 0 Å². The second-order valence-electron chi connectivity index (χ2n) is 8.00. The molecule has 3 heterocycles. The minimum absolute atomic E-state index is 0.0234. The molecule has 2 saturated heterocycles. The number of nitrogens with zero attached hydrogens (tertiary/aromatic N) is 1. The van der Waals surface area contributed by atoms with E-state index < -0.39 is 0 Å². The molecule has 0 bridgehead atoms. The molecule has 1 aromatic rings. The minimum atomic E-state index is 0.0234. The second kappa shape index (κ2) is 7.50. The van der Waals surface area contributed by atoms with Crippen LogP contribution in [0.25, 0.3) is 0 Å². The van der Waals surface area contributed by atoms with Crippen molar-refractivity contribution in [3.05, 3.63) is 23.7 Å². The van der Waals surface area contributed by atoms with Gasteiger partial charge >= 0.3 is 0 Å². The number of hydrogen-bond donors (Lipinski definition) is 1. The molecule has 1 aromatic heterocycles. The van der Waals surface area contributed by atoms with Gasteiger partial charge in [-0.15, -0.1) is 0 Å². The SMILES string of the molecule is CCc1ccc(CN2CC[C@@H]3OC[C@H](C(=O)NCC4CC4)C[C@@H]3C2)o1. The zero-order valence-corrected chi connectivity index (χ0v) is 15.2. The summed E-state index contributed by atoms with van der Waals surface area (Å²) in [5.41, 5.74) is 0. The number of nitrogens with one attached hydrogen (secondary N) is 1. The van der Waals surface area contributed by atoms with Gasteiger partial charge < -0.3 is 14.5 Å². The summed E-state index contributed by atoms with van der Waals surface area (Å²) < 4.78 is 11.9. The monoisotopic (exact) mass is 346 g/mol. The first kappa shape index (κ1) is 17.1. The van der Waals surface area contributed by atoms with E-state index in [0.29, 0.717) is 18.6 Å². The van der Waals surface area contributed by atoms with Gasteiger partial charge in [-0.3, -0.25) is 9.69 Å². The molecular formula is C20H30N2O3. The van der Waals surface area contributed by atoms with Gasteiger partial charge in [0, 0.05) is 26.1 Å². The van der Waals surface area contributed by atoms with Gasteiger partial charge in [0.1, 0.15) is 11.5 Å². The molecule has 1 N–H and O–H groups in total. The fourth-order valence-corrected chi connectivity index (χ4v) is 4.16. The standard InChI is InChI=1S/C20H30N2O3/c1-2-17-5-6-18(25-17)12-22-8-7-19-15(11-22)9-16(13-24-19)20(23)21-10-14-3-4-14/h5-6,14-16,19H,2-4,7-13H2,1H3,(H,21,23)/t15-,16-,19+/m1/s1. The molecule has 3 aliphatic rings. The van der Waals surface area contributed by atoms with Crippen LogP contribution in [0, 0.1) is 17.8 Å². The summed E-state index contributed by atoms with van der Waals surface area (Å²) in [7, 11) is 0. The highest BCUT2D eigenvalue weighted by molar-refractivity contribution is 5.78. The Kier molecular flexibility index (Phi) is 5.13. The van der Waals surface area contributed by atoms with E-state index in [9.17, 15) is 4.79 Å². The van der Waals surface area contributed by atoms with E-state index in [2.05, 4.69) is 29.3 Å². The molecule has 2 aliphatic heterocycles. The quantitative estimate of drug-likeness (QED) is 0.860. The van der Waals surface area contributed by atoms with Crippen molar-refractivity contribution >= 4 is 5.91 Å². The van der Waals surface area contributed by atoms with Gasteiger partial charge in [0.05, 0.1) is 25.2 Å². The smallest absolute Gasteiger partial charge is 0.225 e. The van der Waals surface area contributed by atoms with Crippen LogP contribution in [0.4, 0.5) is 0 Å². The molecule has 0 radical (unpaired) electrons. The minimum Gasteiger partial charge on any atom is -0.465 e. The molecule has 3 fully saturated rings. The topological polar surface area (TPSA) is 54.7 Å². The first-order chi connectivity index (χ1) is 12.2. The van der Waals surface area contributed by atoms with E-state index in [4.69, 9.17) is 9.15 Å². The molecular weight excluding hydrogens is 316 g/mol. The Labute approximate surface area is 150 Å². The maximum atomic E-state index is 12.4. The molecule has 5 heteroatoms. The lowest BCUT2D eigenvalue weighted by Crippen LogP contribution is -2.50.